The quantitative estimate of drug-likeness (QED) is 0.901. The van der Waals surface area contributed by atoms with Gasteiger partial charge in [-0.05, 0) is 28.8 Å². The van der Waals surface area contributed by atoms with Gasteiger partial charge in [0, 0.05) is 18.0 Å². The fourth-order valence-electron chi connectivity index (χ4n) is 2.65. The van der Waals surface area contributed by atoms with Gasteiger partial charge in [0.25, 0.3) is 0 Å². The van der Waals surface area contributed by atoms with E-state index in [1.165, 1.54) is 16.7 Å². The average molecular weight is 274 g/mol. The van der Waals surface area contributed by atoms with Crippen LogP contribution in [0.15, 0.2) is 48.5 Å². The van der Waals surface area contributed by atoms with Crippen molar-refractivity contribution in [3.05, 3.63) is 70.2 Å². The molecular formula is C16H16ClNO. The third-order valence-electron chi connectivity index (χ3n) is 3.64. The van der Waals surface area contributed by atoms with Crippen LogP contribution in [0.4, 0.5) is 0 Å². The molecule has 2 aromatic carbocycles. The van der Waals surface area contributed by atoms with Crippen LogP contribution in [-0.2, 0) is 13.0 Å². The highest BCUT2D eigenvalue weighted by atomic mass is 35.5. The molecule has 2 atom stereocenters. The molecule has 2 N–H and O–H groups in total. The normalized spacial score (nSPS) is 21.4. The minimum Gasteiger partial charge on any atom is -0.391 e. The van der Waals surface area contributed by atoms with Gasteiger partial charge in [-0.2, -0.15) is 0 Å². The van der Waals surface area contributed by atoms with E-state index >= 15 is 0 Å². The van der Waals surface area contributed by atoms with E-state index in [9.17, 15) is 5.11 Å². The van der Waals surface area contributed by atoms with Gasteiger partial charge in [0.15, 0.2) is 0 Å². The zero-order chi connectivity index (χ0) is 13.2. The molecule has 0 aromatic heterocycles. The lowest BCUT2D eigenvalue weighted by Gasteiger charge is -2.18. The first-order valence-electron chi connectivity index (χ1n) is 6.48. The van der Waals surface area contributed by atoms with Gasteiger partial charge in [-0.3, -0.25) is 0 Å². The number of nitrogens with one attached hydrogen (secondary N) is 1. The van der Waals surface area contributed by atoms with Gasteiger partial charge in [-0.1, -0.05) is 48.0 Å². The molecule has 0 unspecified atom stereocenters. The molecular weight excluding hydrogens is 258 g/mol. The van der Waals surface area contributed by atoms with Crippen LogP contribution in [0.2, 0.25) is 5.02 Å². The van der Waals surface area contributed by atoms with Crippen LogP contribution in [0.3, 0.4) is 0 Å². The molecule has 19 heavy (non-hydrogen) atoms. The molecule has 2 nitrogen and oxygen atoms in total. The Bertz CT molecular complexity index is 567. The summed E-state index contributed by atoms with van der Waals surface area (Å²) in [6.45, 7) is 0.729. The van der Waals surface area contributed by atoms with E-state index < -0.39 is 0 Å². The number of rotatable bonds is 3. The van der Waals surface area contributed by atoms with Crippen molar-refractivity contribution >= 4 is 11.6 Å². The van der Waals surface area contributed by atoms with Crippen molar-refractivity contribution in [2.75, 3.05) is 0 Å². The molecule has 0 heterocycles. The van der Waals surface area contributed by atoms with Gasteiger partial charge in [0.1, 0.15) is 0 Å². The Kier molecular flexibility index (Phi) is 3.56. The van der Waals surface area contributed by atoms with E-state index in [2.05, 4.69) is 17.4 Å². The highest BCUT2D eigenvalue weighted by Gasteiger charge is 2.29. The highest BCUT2D eigenvalue weighted by Crippen LogP contribution is 2.31. The number of fused-ring (bicyclic) bond motifs is 1. The van der Waals surface area contributed by atoms with Gasteiger partial charge < -0.3 is 10.4 Å². The van der Waals surface area contributed by atoms with E-state index in [0.717, 1.165) is 18.0 Å². The summed E-state index contributed by atoms with van der Waals surface area (Å²) in [6.07, 6.45) is 0.388. The SMILES string of the molecule is O[C@H]1Cc2ccccc2[C@H]1NCc1ccc(Cl)cc1. The van der Waals surface area contributed by atoms with Gasteiger partial charge in [0.05, 0.1) is 12.1 Å². The fourth-order valence-corrected chi connectivity index (χ4v) is 2.78. The lowest BCUT2D eigenvalue weighted by molar-refractivity contribution is 0.140. The summed E-state index contributed by atoms with van der Waals surface area (Å²) in [5.74, 6) is 0. The van der Waals surface area contributed by atoms with Crippen LogP contribution in [0, 0.1) is 0 Å². The van der Waals surface area contributed by atoms with Crippen LogP contribution < -0.4 is 5.32 Å². The Labute approximate surface area is 118 Å². The number of hydrogen-bond donors (Lipinski definition) is 2. The second kappa shape index (κ2) is 5.33. The number of halogens is 1. The average Bonchev–Trinajstić information content (AvgIpc) is 2.74. The van der Waals surface area contributed by atoms with Gasteiger partial charge in [-0.25, -0.2) is 0 Å². The van der Waals surface area contributed by atoms with Crippen LogP contribution in [0.1, 0.15) is 22.7 Å². The molecule has 0 bridgehead atoms. The molecule has 0 radical (unpaired) electrons. The summed E-state index contributed by atoms with van der Waals surface area (Å²) >= 11 is 5.87. The van der Waals surface area contributed by atoms with Gasteiger partial charge >= 0.3 is 0 Å². The summed E-state index contributed by atoms with van der Waals surface area (Å²) in [7, 11) is 0. The zero-order valence-electron chi connectivity index (χ0n) is 10.5. The monoisotopic (exact) mass is 273 g/mol. The Hall–Kier alpha value is -1.35. The largest absolute Gasteiger partial charge is 0.391 e. The second-order valence-electron chi connectivity index (χ2n) is 4.96. The van der Waals surface area contributed by atoms with Crippen molar-refractivity contribution in [3.8, 4) is 0 Å². The molecule has 0 spiro atoms. The van der Waals surface area contributed by atoms with Gasteiger partial charge in [0.2, 0.25) is 0 Å². The van der Waals surface area contributed by atoms with E-state index in [1.54, 1.807) is 0 Å². The molecule has 1 aliphatic rings. The molecule has 2 aromatic rings. The van der Waals surface area contributed by atoms with Crippen LogP contribution in [-0.4, -0.2) is 11.2 Å². The number of benzene rings is 2. The Morgan fingerprint density at radius 2 is 1.84 bits per heavy atom. The predicted molar refractivity (Wildman–Crippen MR) is 77.2 cm³/mol. The number of hydrogen-bond acceptors (Lipinski definition) is 2. The summed E-state index contributed by atoms with van der Waals surface area (Å²) in [5.41, 5.74) is 3.62. The molecule has 0 fully saturated rings. The van der Waals surface area contributed by atoms with Crippen molar-refractivity contribution in [1.29, 1.82) is 0 Å². The van der Waals surface area contributed by atoms with E-state index in [1.807, 2.05) is 36.4 Å². The summed E-state index contributed by atoms with van der Waals surface area (Å²) < 4.78 is 0. The molecule has 3 heteroatoms. The summed E-state index contributed by atoms with van der Waals surface area (Å²) in [5, 5.41) is 14.3. The van der Waals surface area contributed by atoms with Crippen molar-refractivity contribution < 1.29 is 5.11 Å². The third-order valence-corrected chi connectivity index (χ3v) is 3.90. The first-order chi connectivity index (χ1) is 9.24. The van der Waals surface area contributed by atoms with E-state index in [-0.39, 0.29) is 12.1 Å². The maximum Gasteiger partial charge on any atom is 0.0775 e. The molecule has 0 aliphatic heterocycles. The van der Waals surface area contributed by atoms with Gasteiger partial charge in [-0.15, -0.1) is 0 Å². The molecule has 0 saturated heterocycles. The first-order valence-corrected chi connectivity index (χ1v) is 6.85. The third kappa shape index (κ3) is 2.66. The standard InChI is InChI=1S/C16H16ClNO/c17-13-7-5-11(6-8-13)10-18-16-14-4-2-1-3-12(14)9-15(16)19/h1-8,15-16,18-19H,9-10H2/t15-,16+/m0/s1. The minimum atomic E-state index is -0.343. The van der Waals surface area contributed by atoms with Crippen molar-refractivity contribution in [3.63, 3.8) is 0 Å². The highest BCUT2D eigenvalue weighted by molar-refractivity contribution is 6.30. The lowest BCUT2D eigenvalue weighted by atomic mass is 10.1. The number of aliphatic hydroxyl groups is 1. The zero-order valence-corrected chi connectivity index (χ0v) is 11.3. The minimum absolute atomic E-state index is 0.0203. The Balaban J connectivity index is 1.72. The number of aliphatic hydroxyl groups excluding tert-OH is 1. The molecule has 0 saturated carbocycles. The van der Waals surface area contributed by atoms with Crippen molar-refractivity contribution in [2.45, 2.75) is 25.1 Å². The van der Waals surface area contributed by atoms with Crippen molar-refractivity contribution in [2.24, 2.45) is 0 Å². The maximum atomic E-state index is 10.1. The smallest absolute Gasteiger partial charge is 0.0775 e. The second-order valence-corrected chi connectivity index (χ2v) is 5.39. The maximum absolute atomic E-state index is 10.1. The fraction of sp³-hybridized carbons (Fsp3) is 0.250. The van der Waals surface area contributed by atoms with Crippen LogP contribution >= 0.6 is 11.6 Å². The van der Waals surface area contributed by atoms with Crippen LogP contribution in [0.25, 0.3) is 0 Å². The van der Waals surface area contributed by atoms with Crippen molar-refractivity contribution in [1.82, 2.24) is 5.32 Å². The lowest BCUT2D eigenvalue weighted by Crippen LogP contribution is -2.28. The summed E-state index contributed by atoms with van der Waals surface area (Å²) in [4.78, 5) is 0. The summed E-state index contributed by atoms with van der Waals surface area (Å²) in [6, 6.07) is 16.0. The van der Waals surface area contributed by atoms with E-state index in [4.69, 9.17) is 11.6 Å². The Morgan fingerprint density at radius 1 is 1.11 bits per heavy atom. The van der Waals surface area contributed by atoms with Crippen LogP contribution in [0.5, 0.6) is 0 Å². The first kappa shape index (κ1) is 12.7. The Morgan fingerprint density at radius 3 is 2.63 bits per heavy atom. The topological polar surface area (TPSA) is 32.3 Å². The molecule has 98 valence electrons. The van der Waals surface area contributed by atoms with E-state index in [0.29, 0.717) is 0 Å². The molecule has 1 aliphatic carbocycles. The molecule has 3 rings (SSSR count). The molecule has 0 amide bonds. The predicted octanol–water partition coefficient (Wildman–Crippen LogP) is 3.09.